The summed E-state index contributed by atoms with van der Waals surface area (Å²) in [6.45, 7) is 1.85. The highest BCUT2D eigenvalue weighted by atomic mass is 16.2. The average Bonchev–Trinajstić information content (AvgIpc) is 2.66. The molecule has 0 radical (unpaired) electrons. The third-order valence-electron chi connectivity index (χ3n) is 4.41. The van der Waals surface area contributed by atoms with Gasteiger partial charge in [0.1, 0.15) is 12.1 Å². The van der Waals surface area contributed by atoms with Crippen molar-refractivity contribution < 1.29 is 4.79 Å². The Bertz CT molecular complexity index is 959. The second kappa shape index (κ2) is 7.06. The van der Waals surface area contributed by atoms with Crippen LogP contribution in [0.15, 0.2) is 66.7 Å². The number of para-hydroxylation sites is 1. The fourth-order valence-electron chi connectivity index (χ4n) is 2.72. The molecule has 0 fully saturated rings. The molecule has 25 heavy (non-hydrogen) atoms. The molecule has 0 aliphatic carbocycles. The second-order valence-electron chi connectivity index (χ2n) is 5.96. The summed E-state index contributed by atoms with van der Waals surface area (Å²) in [6.07, 6.45) is 0. The van der Waals surface area contributed by atoms with Gasteiger partial charge >= 0.3 is 0 Å². The summed E-state index contributed by atoms with van der Waals surface area (Å²) >= 11 is 0. The van der Waals surface area contributed by atoms with Crippen molar-refractivity contribution in [2.24, 2.45) is 0 Å². The van der Waals surface area contributed by atoms with E-state index >= 15 is 0 Å². The molecule has 124 valence electrons. The van der Waals surface area contributed by atoms with Crippen LogP contribution in [0.5, 0.6) is 0 Å². The standard InChI is InChI=1S/C21H19N3O/c1-15(21(25)23-20-10-6-5-9-18(20)14-22)24(2)19-12-11-16-7-3-4-8-17(16)13-19/h3-13,15H,1-2H3,(H,23,25). The van der Waals surface area contributed by atoms with Crippen molar-refractivity contribution in [2.45, 2.75) is 13.0 Å². The molecule has 0 spiro atoms. The van der Waals surface area contributed by atoms with Gasteiger partial charge in [0, 0.05) is 12.7 Å². The van der Waals surface area contributed by atoms with E-state index in [1.54, 1.807) is 24.3 Å². The third kappa shape index (κ3) is 3.46. The second-order valence-corrected chi connectivity index (χ2v) is 5.96. The number of carbonyl (C=O) groups excluding carboxylic acids is 1. The van der Waals surface area contributed by atoms with Gasteiger partial charge in [-0.05, 0) is 42.0 Å². The minimum Gasteiger partial charge on any atom is -0.363 e. The average molecular weight is 329 g/mol. The molecule has 0 saturated carbocycles. The molecule has 1 N–H and O–H groups in total. The van der Waals surface area contributed by atoms with Gasteiger partial charge in [-0.2, -0.15) is 5.26 Å². The maximum atomic E-state index is 12.6. The number of hydrogen-bond donors (Lipinski definition) is 1. The lowest BCUT2D eigenvalue weighted by molar-refractivity contribution is -0.117. The van der Waals surface area contributed by atoms with E-state index in [1.165, 1.54) is 5.39 Å². The van der Waals surface area contributed by atoms with Crippen molar-refractivity contribution in [3.05, 3.63) is 72.3 Å². The molecule has 3 aromatic carbocycles. The highest BCUT2D eigenvalue weighted by molar-refractivity contribution is 5.98. The number of nitriles is 1. The van der Waals surface area contributed by atoms with Crippen LogP contribution in [0.4, 0.5) is 11.4 Å². The molecule has 1 unspecified atom stereocenters. The largest absolute Gasteiger partial charge is 0.363 e. The lowest BCUT2D eigenvalue weighted by atomic mass is 10.1. The van der Waals surface area contributed by atoms with Crippen molar-refractivity contribution in [3.63, 3.8) is 0 Å². The summed E-state index contributed by atoms with van der Waals surface area (Å²) in [4.78, 5) is 14.5. The highest BCUT2D eigenvalue weighted by Crippen LogP contribution is 2.23. The first-order valence-corrected chi connectivity index (χ1v) is 8.12. The van der Waals surface area contributed by atoms with Crippen molar-refractivity contribution >= 4 is 28.1 Å². The first-order chi connectivity index (χ1) is 12.1. The summed E-state index contributed by atoms with van der Waals surface area (Å²) in [6, 6.07) is 23.0. The molecule has 0 aliphatic rings. The molecule has 4 nitrogen and oxygen atoms in total. The zero-order valence-electron chi connectivity index (χ0n) is 14.2. The summed E-state index contributed by atoms with van der Waals surface area (Å²) in [5.41, 5.74) is 1.96. The third-order valence-corrected chi connectivity index (χ3v) is 4.41. The lowest BCUT2D eigenvalue weighted by Crippen LogP contribution is -2.39. The van der Waals surface area contributed by atoms with E-state index < -0.39 is 0 Å². The van der Waals surface area contributed by atoms with Gasteiger partial charge in [0.05, 0.1) is 11.3 Å². The number of rotatable bonds is 4. The molecule has 1 amide bonds. The molecule has 4 heteroatoms. The number of likely N-dealkylation sites (N-methyl/N-ethyl adjacent to an activating group) is 1. The number of benzene rings is 3. The molecule has 0 aliphatic heterocycles. The molecule has 0 heterocycles. The molecule has 0 saturated heterocycles. The van der Waals surface area contributed by atoms with Gasteiger partial charge in [-0.15, -0.1) is 0 Å². The van der Waals surface area contributed by atoms with E-state index in [0.717, 1.165) is 11.1 Å². The van der Waals surface area contributed by atoms with Gasteiger partial charge < -0.3 is 10.2 Å². The highest BCUT2D eigenvalue weighted by Gasteiger charge is 2.19. The SMILES string of the molecule is CC(C(=O)Nc1ccccc1C#N)N(C)c1ccc2ccccc2c1. The minimum absolute atomic E-state index is 0.154. The Labute approximate surface area is 147 Å². The van der Waals surface area contributed by atoms with Crippen LogP contribution in [0.2, 0.25) is 0 Å². The number of hydrogen-bond acceptors (Lipinski definition) is 3. The van der Waals surface area contributed by atoms with E-state index in [4.69, 9.17) is 5.26 Å². The summed E-state index contributed by atoms with van der Waals surface area (Å²) < 4.78 is 0. The molecular weight excluding hydrogens is 310 g/mol. The summed E-state index contributed by atoms with van der Waals surface area (Å²) in [7, 11) is 1.89. The minimum atomic E-state index is -0.382. The summed E-state index contributed by atoms with van der Waals surface area (Å²) in [5, 5.41) is 14.3. The molecule has 0 bridgehead atoms. The predicted molar refractivity (Wildman–Crippen MR) is 102 cm³/mol. The van der Waals surface area contributed by atoms with Crippen molar-refractivity contribution in [1.29, 1.82) is 5.26 Å². The van der Waals surface area contributed by atoms with Gasteiger partial charge in [0.15, 0.2) is 0 Å². The van der Waals surface area contributed by atoms with Gasteiger partial charge in [-0.3, -0.25) is 4.79 Å². The van der Waals surface area contributed by atoms with Crippen LogP contribution in [-0.2, 0) is 4.79 Å². The Morgan fingerprint density at radius 1 is 1.04 bits per heavy atom. The van der Waals surface area contributed by atoms with Crippen molar-refractivity contribution in [1.82, 2.24) is 0 Å². The van der Waals surface area contributed by atoms with Crippen LogP contribution in [-0.4, -0.2) is 19.0 Å². The van der Waals surface area contributed by atoms with Gasteiger partial charge in [-0.1, -0.05) is 42.5 Å². The van der Waals surface area contributed by atoms with Crippen molar-refractivity contribution in [3.8, 4) is 6.07 Å². The van der Waals surface area contributed by atoms with Crippen LogP contribution in [0.3, 0.4) is 0 Å². The Hall–Kier alpha value is -3.32. The molecule has 1 atom stereocenters. The zero-order chi connectivity index (χ0) is 17.8. The van der Waals surface area contributed by atoms with Gasteiger partial charge in [0.2, 0.25) is 5.91 Å². The predicted octanol–water partition coefficient (Wildman–Crippen LogP) is 4.17. The first kappa shape index (κ1) is 16.5. The van der Waals surface area contributed by atoms with E-state index in [0.29, 0.717) is 11.3 Å². The molecule has 0 aromatic heterocycles. The summed E-state index contributed by atoms with van der Waals surface area (Å²) in [5.74, 6) is -0.154. The topological polar surface area (TPSA) is 56.1 Å². The Kier molecular flexibility index (Phi) is 4.67. The number of fused-ring (bicyclic) bond motifs is 1. The number of anilines is 2. The number of nitrogens with one attached hydrogen (secondary N) is 1. The van der Waals surface area contributed by atoms with E-state index in [1.807, 2.05) is 37.1 Å². The fraction of sp³-hybridized carbons (Fsp3) is 0.143. The maximum absolute atomic E-state index is 12.6. The zero-order valence-corrected chi connectivity index (χ0v) is 14.2. The quantitative estimate of drug-likeness (QED) is 0.781. The van der Waals surface area contributed by atoms with Crippen LogP contribution < -0.4 is 10.2 Å². The monoisotopic (exact) mass is 329 g/mol. The van der Waals surface area contributed by atoms with Crippen LogP contribution in [0.25, 0.3) is 10.8 Å². The lowest BCUT2D eigenvalue weighted by Gasteiger charge is -2.26. The van der Waals surface area contributed by atoms with Crippen LogP contribution in [0, 0.1) is 11.3 Å². The normalized spacial score (nSPS) is 11.6. The van der Waals surface area contributed by atoms with E-state index in [9.17, 15) is 4.79 Å². The Balaban J connectivity index is 1.79. The van der Waals surface area contributed by atoms with E-state index in [-0.39, 0.29) is 11.9 Å². The number of amides is 1. The van der Waals surface area contributed by atoms with Gasteiger partial charge in [0.25, 0.3) is 0 Å². The first-order valence-electron chi connectivity index (χ1n) is 8.12. The fourth-order valence-corrected chi connectivity index (χ4v) is 2.72. The van der Waals surface area contributed by atoms with Crippen LogP contribution >= 0.6 is 0 Å². The van der Waals surface area contributed by atoms with Gasteiger partial charge in [-0.25, -0.2) is 0 Å². The molecule has 3 aromatic rings. The van der Waals surface area contributed by atoms with Crippen molar-refractivity contribution in [2.75, 3.05) is 17.3 Å². The smallest absolute Gasteiger partial charge is 0.246 e. The Morgan fingerprint density at radius 3 is 2.48 bits per heavy atom. The number of nitrogens with zero attached hydrogens (tertiary/aromatic N) is 2. The maximum Gasteiger partial charge on any atom is 0.246 e. The number of carbonyl (C=O) groups is 1. The molecule has 3 rings (SSSR count). The van der Waals surface area contributed by atoms with E-state index in [2.05, 4.69) is 35.7 Å². The Morgan fingerprint density at radius 2 is 1.72 bits per heavy atom. The molecular formula is C21H19N3O. The van der Waals surface area contributed by atoms with Crippen LogP contribution in [0.1, 0.15) is 12.5 Å².